The molecule has 0 aromatic carbocycles. The van der Waals surface area contributed by atoms with Crippen LogP contribution in [0.25, 0.3) is 0 Å². The lowest BCUT2D eigenvalue weighted by molar-refractivity contribution is -0.136. The van der Waals surface area contributed by atoms with Crippen molar-refractivity contribution in [3.63, 3.8) is 0 Å². The SMILES string of the molecule is CCCC(OC(CCC)C(O)CO)C(O)CO. The molecule has 0 amide bonds. The number of ether oxygens (including phenoxy) is 1. The normalized spacial score (nSPS) is 18.7. The van der Waals surface area contributed by atoms with Crippen LogP contribution in [0.4, 0.5) is 0 Å². The molecule has 0 fully saturated rings. The Labute approximate surface area is 103 Å². The number of hydrogen-bond acceptors (Lipinski definition) is 5. The molecule has 5 nitrogen and oxygen atoms in total. The molecule has 0 saturated heterocycles. The summed E-state index contributed by atoms with van der Waals surface area (Å²) in [5.74, 6) is 0. The molecule has 0 aromatic rings. The van der Waals surface area contributed by atoms with Crippen LogP contribution in [-0.4, -0.2) is 58.1 Å². The van der Waals surface area contributed by atoms with E-state index < -0.39 is 24.4 Å². The van der Waals surface area contributed by atoms with E-state index in [-0.39, 0.29) is 13.2 Å². The molecular formula is C12H26O5. The van der Waals surface area contributed by atoms with Gasteiger partial charge in [-0.15, -0.1) is 0 Å². The molecule has 0 aromatic heterocycles. The minimum Gasteiger partial charge on any atom is -0.394 e. The first-order valence-corrected chi connectivity index (χ1v) is 6.33. The van der Waals surface area contributed by atoms with Gasteiger partial charge in [0.1, 0.15) is 12.2 Å². The fourth-order valence-electron chi connectivity index (χ4n) is 1.73. The van der Waals surface area contributed by atoms with Crippen molar-refractivity contribution in [2.24, 2.45) is 0 Å². The quantitative estimate of drug-likeness (QED) is 0.440. The van der Waals surface area contributed by atoms with Crippen molar-refractivity contribution in [1.29, 1.82) is 0 Å². The Balaban J connectivity index is 4.43. The van der Waals surface area contributed by atoms with Gasteiger partial charge in [-0.1, -0.05) is 26.7 Å². The first-order valence-electron chi connectivity index (χ1n) is 6.33. The molecule has 0 rings (SSSR count). The van der Waals surface area contributed by atoms with E-state index in [1.165, 1.54) is 0 Å². The van der Waals surface area contributed by atoms with Gasteiger partial charge >= 0.3 is 0 Å². The van der Waals surface area contributed by atoms with Gasteiger partial charge in [-0.25, -0.2) is 0 Å². The first-order chi connectivity index (χ1) is 8.10. The average molecular weight is 250 g/mol. The van der Waals surface area contributed by atoms with Gasteiger partial charge in [0.05, 0.1) is 25.4 Å². The molecule has 4 N–H and O–H groups in total. The summed E-state index contributed by atoms with van der Waals surface area (Å²) in [5.41, 5.74) is 0. The van der Waals surface area contributed by atoms with E-state index in [0.29, 0.717) is 12.8 Å². The van der Waals surface area contributed by atoms with Crippen LogP contribution in [0.15, 0.2) is 0 Å². The lowest BCUT2D eigenvalue weighted by Gasteiger charge is -2.29. The molecule has 0 radical (unpaired) electrons. The molecule has 0 aliphatic rings. The number of rotatable bonds is 10. The summed E-state index contributed by atoms with van der Waals surface area (Å²) in [6, 6.07) is 0. The predicted molar refractivity (Wildman–Crippen MR) is 64.7 cm³/mol. The van der Waals surface area contributed by atoms with Crippen LogP contribution in [0, 0.1) is 0 Å². The molecular weight excluding hydrogens is 224 g/mol. The average Bonchev–Trinajstić information content (AvgIpc) is 2.35. The van der Waals surface area contributed by atoms with Crippen LogP contribution < -0.4 is 0 Å². The second-order valence-corrected chi connectivity index (χ2v) is 4.29. The third-order valence-corrected chi connectivity index (χ3v) is 2.73. The van der Waals surface area contributed by atoms with E-state index in [4.69, 9.17) is 14.9 Å². The van der Waals surface area contributed by atoms with Gasteiger partial charge in [-0.3, -0.25) is 0 Å². The molecule has 5 heteroatoms. The zero-order valence-corrected chi connectivity index (χ0v) is 10.7. The van der Waals surface area contributed by atoms with Crippen molar-refractivity contribution >= 4 is 0 Å². The Kier molecular flexibility index (Phi) is 9.68. The van der Waals surface area contributed by atoms with Crippen molar-refractivity contribution < 1.29 is 25.2 Å². The summed E-state index contributed by atoms with van der Waals surface area (Å²) in [4.78, 5) is 0. The summed E-state index contributed by atoms with van der Waals surface area (Å²) in [7, 11) is 0. The molecule has 104 valence electrons. The van der Waals surface area contributed by atoms with Gasteiger partial charge in [0.15, 0.2) is 0 Å². The first kappa shape index (κ1) is 16.8. The minimum absolute atomic E-state index is 0.362. The van der Waals surface area contributed by atoms with Gasteiger partial charge in [0.2, 0.25) is 0 Å². The smallest absolute Gasteiger partial charge is 0.103 e. The van der Waals surface area contributed by atoms with Crippen LogP contribution in [0.1, 0.15) is 39.5 Å². The van der Waals surface area contributed by atoms with E-state index >= 15 is 0 Å². The molecule has 0 heterocycles. The van der Waals surface area contributed by atoms with E-state index in [1.54, 1.807) is 0 Å². The lowest BCUT2D eigenvalue weighted by Crippen LogP contribution is -2.41. The molecule has 4 unspecified atom stereocenters. The van der Waals surface area contributed by atoms with Crippen molar-refractivity contribution in [1.82, 2.24) is 0 Å². The maximum atomic E-state index is 9.60. The number of hydrogen-bond donors (Lipinski definition) is 4. The van der Waals surface area contributed by atoms with Crippen molar-refractivity contribution in [2.75, 3.05) is 13.2 Å². The van der Waals surface area contributed by atoms with Crippen LogP contribution in [0.2, 0.25) is 0 Å². The number of aliphatic hydroxyl groups is 4. The van der Waals surface area contributed by atoms with Gasteiger partial charge < -0.3 is 25.2 Å². The summed E-state index contributed by atoms with van der Waals surface area (Å²) in [6.07, 6.45) is -0.0305. The fourth-order valence-corrected chi connectivity index (χ4v) is 1.73. The van der Waals surface area contributed by atoms with Gasteiger partial charge in [0, 0.05) is 0 Å². The highest BCUT2D eigenvalue weighted by Gasteiger charge is 2.26. The molecule has 17 heavy (non-hydrogen) atoms. The van der Waals surface area contributed by atoms with Gasteiger partial charge in [-0.2, -0.15) is 0 Å². The molecule has 0 aliphatic carbocycles. The summed E-state index contributed by atoms with van der Waals surface area (Å²) in [6.45, 7) is 3.19. The van der Waals surface area contributed by atoms with Crippen LogP contribution in [0.5, 0.6) is 0 Å². The Morgan fingerprint density at radius 3 is 1.41 bits per heavy atom. The third-order valence-electron chi connectivity index (χ3n) is 2.73. The maximum absolute atomic E-state index is 9.60. The van der Waals surface area contributed by atoms with Crippen LogP contribution in [-0.2, 0) is 4.74 Å². The molecule has 0 spiro atoms. The largest absolute Gasteiger partial charge is 0.394 e. The maximum Gasteiger partial charge on any atom is 0.103 e. The Morgan fingerprint density at radius 2 is 1.18 bits per heavy atom. The summed E-state index contributed by atoms with van der Waals surface area (Å²) < 4.78 is 5.62. The molecule has 0 bridgehead atoms. The Bertz CT molecular complexity index is 158. The summed E-state index contributed by atoms with van der Waals surface area (Å²) in [5, 5.41) is 37.1. The van der Waals surface area contributed by atoms with Crippen molar-refractivity contribution in [3.8, 4) is 0 Å². The van der Waals surface area contributed by atoms with Crippen molar-refractivity contribution in [3.05, 3.63) is 0 Å². The Morgan fingerprint density at radius 1 is 0.824 bits per heavy atom. The zero-order valence-electron chi connectivity index (χ0n) is 10.7. The minimum atomic E-state index is -0.944. The van der Waals surface area contributed by atoms with E-state index in [9.17, 15) is 10.2 Å². The topological polar surface area (TPSA) is 90.2 Å². The molecule has 0 aliphatic heterocycles. The van der Waals surface area contributed by atoms with E-state index in [2.05, 4.69) is 0 Å². The third kappa shape index (κ3) is 6.33. The Hall–Kier alpha value is -0.200. The second-order valence-electron chi connectivity index (χ2n) is 4.29. The molecule has 0 saturated carbocycles. The fraction of sp³-hybridized carbons (Fsp3) is 1.00. The highest BCUT2D eigenvalue weighted by molar-refractivity contribution is 4.74. The van der Waals surface area contributed by atoms with Crippen LogP contribution in [0.3, 0.4) is 0 Å². The highest BCUT2D eigenvalue weighted by Crippen LogP contribution is 2.16. The van der Waals surface area contributed by atoms with E-state index in [1.807, 2.05) is 13.8 Å². The monoisotopic (exact) mass is 250 g/mol. The second kappa shape index (κ2) is 9.79. The molecule has 4 atom stereocenters. The van der Waals surface area contributed by atoms with Gasteiger partial charge in [0.25, 0.3) is 0 Å². The highest BCUT2D eigenvalue weighted by atomic mass is 16.5. The predicted octanol–water partition coefficient (Wildman–Crippen LogP) is 0.0468. The van der Waals surface area contributed by atoms with E-state index in [0.717, 1.165) is 12.8 Å². The van der Waals surface area contributed by atoms with Crippen molar-refractivity contribution in [2.45, 2.75) is 63.9 Å². The number of aliphatic hydroxyl groups excluding tert-OH is 4. The lowest BCUT2D eigenvalue weighted by atomic mass is 10.1. The standard InChI is InChI=1S/C12H26O5/c1-3-5-11(9(15)7-13)17-12(6-4-2)10(16)8-14/h9-16H,3-8H2,1-2H3. The summed E-state index contributed by atoms with van der Waals surface area (Å²) >= 11 is 0. The van der Waals surface area contributed by atoms with Crippen LogP contribution >= 0.6 is 0 Å². The van der Waals surface area contributed by atoms with Gasteiger partial charge in [-0.05, 0) is 12.8 Å². The zero-order chi connectivity index (χ0) is 13.3.